The second-order valence-electron chi connectivity index (χ2n) is 6.18. The van der Waals surface area contributed by atoms with Gasteiger partial charge in [0.1, 0.15) is 0 Å². The van der Waals surface area contributed by atoms with Crippen LogP contribution in [0.3, 0.4) is 0 Å². The minimum atomic E-state index is 0.197. The minimum absolute atomic E-state index is 0.197. The lowest BCUT2D eigenvalue weighted by Gasteiger charge is -2.25. The number of hydrogen-bond donors (Lipinski definition) is 1. The molecule has 1 atom stereocenters. The number of anilines is 1. The van der Waals surface area contributed by atoms with Gasteiger partial charge in [0.25, 0.3) is 0 Å². The van der Waals surface area contributed by atoms with E-state index in [9.17, 15) is 0 Å². The molecule has 2 aliphatic heterocycles. The van der Waals surface area contributed by atoms with Gasteiger partial charge < -0.3 is 10.2 Å². The maximum Gasteiger partial charge on any atom is 0.0465 e. The summed E-state index contributed by atoms with van der Waals surface area (Å²) in [6.07, 6.45) is 1.18. The molecule has 0 radical (unpaired) electrons. The first kappa shape index (κ1) is 13.2. The summed E-state index contributed by atoms with van der Waals surface area (Å²) in [5.74, 6) is 0. The Kier molecular flexibility index (Phi) is 3.16. The van der Waals surface area contributed by atoms with Crippen molar-refractivity contribution < 1.29 is 0 Å². The lowest BCUT2D eigenvalue weighted by molar-refractivity contribution is 0.495. The summed E-state index contributed by atoms with van der Waals surface area (Å²) in [4.78, 5) is 2.49. The minimum Gasteiger partial charge on any atom is -0.366 e. The van der Waals surface area contributed by atoms with Crippen molar-refractivity contribution in [1.82, 2.24) is 5.32 Å². The Hall–Kier alpha value is -1.51. The smallest absolute Gasteiger partial charge is 0.0465 e. The van der Waals surface area contributed by atoms with Crippen molar-refractivity contribution in [3.8, 4) is 0 Å². The van der Waals surface area contributed by atoms with Gasteiger partial charge in [0.15, 0.2) is 0 Å². The summed E-state index contributed by atoms with van der Waals surface area (Å²) < 4.78 is 0. The highest BCUT2D eigenvalue weighted by atomic mass is 35.5. The summed E-state index contributed by atoms with van der Waals surface area (Å²) in [5.41, 5.74) is 4.22. The second kappa shape index (κ2) is 5.04. The van der Waals surface area contributed by atoms with E-state index in [0.29, 0.717) is 0 Å². The van der Waals surface area contributed by atoms with Gasteiger partial charge in [-0.15, -0.1) is 0 Å². The summed E-state index contributed by atoms with van der Waals surface area (Å²) >= 11 is 6.55. The van der Waals surface area contributed by atoms with Crippen LogP contribution in [0, 0.1) is 0 Å². The molecule has 0 bridgehead atoms. The summed E-state index contributed by atoms with van der Waals surface area (Å²) in [7, 11) is 0. The molecule has 1 unspecified atom stereocenters. The Bertz CT molecular complexity index is 648. The monoisotopic (exact) mass is 298 g/mol. The van der Waals surface area contributed by atoms with E-state index in [2.05, 4.69) is 52.7 Å². The van der Waals surface area contributed by atoms with E-state index >= 15 is 0 Å². The van der Waals surface area contributed by atoms with Crippen molar-refractivity contribution in [2.24, 2.45) is 0 Å². The molecular weight excluding hydrogens is 280 g/mol. The number of hydrogen-bond acceptors (Lipinski definition) is 2. The van der Waals surface area contributed by atoms with Gasteiger partial charge in [-0.25, -0.2) is 0 Å². The zero-order chi connectivity index (χ0) is 14.3. The largest absolute Gasteiger partial charge is 0.366 e. The third kappa shape index (κ3) is 2.14. The average Bonchev–Trinajstić information content (AvgIpc) is 3.08. The van der Waals surface area contributed by atoms with Crippen molar-refractivity contribution >= 4 is 17.3 Å². The molecule has 0 aliphatic carbocycles. The van der Waals surface area contributed by atoms with E-state index in [-0.39, 0.29) is 5.41 Å². The lowest BCUT2D eigenvalue weighted by Crippen LogP contribution is -2.35. The van der Waals surface area contributed by atoms with Crippen molar-refractivity contribution in [2.75, 3.05) is 24.5 Å². The third-order valence-electron chi connectivity index (χ3n) is 4.82. The highest BCUT2D eigenvalue weighted by molar-refractivity contribution is 6.32. The van der Waals surface area contributed by atoms with Crippen LogP contribution in [0.4, 0.5) is 5.69 Å². The molecule has 21 heavy (non-hydrogen) atoms. The first-order chi connectivity index (χ1) is 10.3. The van der Waals surface area contributed by atoms with Gasteiger partial charge in [0.05, 0.1) is 0 Å². The van der Waals surface area contributed by atoms with Gasteiger partial charge in [-0.2, -0.15) is 0 Å². The van der Waals surface area contributed by atoms with Crippen LogP contribution in [0.2, 0.25) is 5.02 Å². The molecule has 0 saturated carbocycles. The van der Waals surface area contributed by atoms with E-state index in [1.165, 1.54) is 23.2 Å². The first-order valence-corrected chi connectivity index (χ1v) is 7.95. The fourth-order valence-electron chi connectivity index (χ4n) is 3.87. The molecule has 2 heterocycles. The third-order valence-corrected chi connectivity index (χ3v) is 5.13. The van der Waals surface area contributed by atoms with Crippen LogP contribution in [0.15, 0.2) is 48.5 Å². The summed E-state index contributed by atoms with van der Waals surface area (Å²) in [6.45, 7) is 4.14. The van der Waals surface area contributed by atoms with Gasteiger partial charge in [-0.05, 0) is 30.7 Å². The standard InChI is InChI=1S/C18H19ClN2/c19-15-7-4-8-16-17(15)18(9-10-20-12-18)13-21(16)11-14-5-2-1-3-6-14/h1-8,20H,9-13H2. The van der Waals surface area contributed by atoms with Crippen LogP contribution in [-0.4, -0.2) is 19.6 Å². The van der Waals surface area contributed by atoms with Gasteiger partial charge in [0.2, 0.25) is 0 Å². The number of rotatable bonds is 2. The highest BCUT2D eigenvalue weighted by Crippen LogP contribution is 2.48. The van der Waals surface area contributed by atoms with Crippen molar-refractivity contribution in [1.29, 1.82) is 0 Å². The molecule has 4 rings (SSSR count). The van der Waals surface area contributed by atoms with E-state index in [1.54, 1.807) is 0 Å². The van der Waals surface area contributed by atoms with Gasteiger partial charge in [0, 0.05) is 41.3 Å². The van der Waals surface area contributed by atoms with E-state index < -0.39 is 0 Å². The SMILES string of the molecule is Clc1cccc2c1C1(CCNC1)CN2Cc1ccccc1. The van der Waals surface area contributed by atoms with E-state index in [0.717, 1.165) is 31.2 Å². The van der Waals surface area contributed by atoms with Crippen molar-refractivity contribution in [3.05, 3.63) is 64.7 Å². The molecule has 1 spiro atoms. The van der Waals surface area contributed by atoms with Gasteiger partial charge in [-0.1, -0.05) is 48.0 Å². The Balaban J connectivity index is 1.74. The highest BCUT2D eigenvalue weighted by Gasteiger charge is 2.45. The van der Waals surface area contributed by atoms with Crippen LogP contribution < -0.4 is 10.2 Å². The predicted molar refractivity (Wildman–Crippen MR) is 88.1 cm³/mol. The van der Waals surface area contributed by atoms with Crippen molar-refractivity contribution in [3.63, 3.8) is 0 Å². The number of halogens is 1. The normalized spacial score (nSPS) is 23.8. The van der Waals surface area contributed by atoms with Crippen LogP contribution in [0.1, 0.15) is 17.5 Å². The maximum atomic E-state index is 6.55. The summed E-state index contributed by atoms with van der Waals surface area (Å²) in [6, 6.07) is 17.0. The summed E-state index contributed by atoms with van der Waals surface area (Å²) in [5, 5.41) is 4.45. The number of nitrogens with one attached hydrogen (secondary N) is 1. The molecule has 1 saturated heterocycles. The topological polar surface area (TPSA) is 15.3 Å². The number of fused-ring (bicyclic) bond motifs is 2. The van der Waals surface area contributed by atoms with Crippen molar-refractivity contribution in [2.45, 2.75) is 18.4 Å². The molecule has 2 aliphatic rings. The zero-order valence-corrected chi connectivity index (χ0v) is 12.7. The van der Waals surface area contributed by atoms with Crippen LogP contribution in [0.5, 0.6) is 0 Å². The van der Waals surface area contributed by atoms with Gasteiger partial charge in [-0.3, -0.25) is 0 Å². The Morgan fingerprint density at radius 2 is 1.95 bits per heavy atom. The lowest BCUT2D eigenvalue weighted by atomic mass is 9.81. The van der Waals surface area contributed by atoms with Crippen LogP contribution in [0.25, 0.3) is 0 Å². The molecule has 0 aromatic heterocycles. The number of nitrogens with zero attached hydrogens (tertiary/aromatic N) is 1. The molecule has 2 nitrogen and oxygen atoms in total. The first-order valence-electron chi connectivity index (χ1n) is 7.57. The van der Waals surface area contributed by atoms with E-state index in [4.69, 9.17) is 11.6 Å². The van der Waals surface area contributed by atoms with Crippen LogP contribution in [-0.2, 0) is 12.0 Å². The van der Waals surface area contributed by atoms with Gasteiger partial charge >= 0.3 is 0 Å². The second-order valence-corrected chi connectivity index (χ2v) is 6.59. The molecule has 1 fully saturated rings. The molecule has 2 aromatic carbocycles. The Morgan fingerprint density at radius 1 is 1.10 bits per heavy atom. The predicted octanol–water partition coefficient (Wildman–Crippen LogP) is 3.59. The quantitative estimate of drug-likeness (QED) is 0.911. The molecular formula is C18H19ClN2. The zero-order valence-electron chi connectivity index (χ0n) is 12.0. The van der Waals surface area contributed by atoms with Crippen LogP contribution >= 0.6 is 11.6 Å². The fraction of sp³-hybridized carbons (Fsp3) is 0.333. The molecule has 0 amide bonds. The number of benzene rings is 2. The molecule has 2 aromatic rings. The Labute approximate surface area is 130 Å². The Morgan fingerprint density at radius 3 is 2.71 bits per heavy atom. The average molecular weight is 299 g/mol. The fourth-order valence-corrected chi connectivity index (χ4v) is 4.24. The molecule has 1 N–H and O–H groups in total. The maximum absolute atomic E-state index is 6.55. The van der Waals surface area contributed by atoms with E-state index in [1.807, 2.05) is 6.07 Å². The molecule has 3 heteroatoms. The molecule has 108 valence electrons.